The first-order valence-corrected chi connectivity index (χ1v) is 15.2. The molecule has 7 rings (SSSR count). The van der Waals surface area contributed by atoms with Gasteiger partial charge >= 0.3 is 6.15 Å². The lowest BCUT2D eigenvalue weighted by atomic mass is 9.77. The van der Waals surface area contributed by atoms with Crippen molar-refractivity contribution in [3.63, 3.8) is 0 Å². The second-order valence-corrected chi connectivity index (χ2v) is 12.4. The van der Waals surface area contributed by atoms with Crippen molar-refractivity contribution >= 4 is 17.7 Å². The fourth-order valence-electron chi connectivity index (χ4n) is 6.12. The van der Waals surface area contributed by atoms with Gasteiger partial charge in [0.05, 0.1) is 24.0 Å². The summed E-state index contributed by atoms with van der Waals surface area (Å²) in [6.45, 7) is 5.31. The number of likely N-dealkylation sites (tertiary alicyclic amines) is 1. The third kappa shape index (κ3) is 6.82. The van der Waals surface area contributed by atoms with Gasteiger partial charge in [-0.15, -0.1) is 0 Å². The second kappa shape index (κ2) is 12.5. The summed E-state index contributed by atoms with van der Waals surface area (Å²) < 4.78 is 41.2. The predicted molar refractivity (Wildman–Crippen MR) is 157 cm³/mol. The van der Waals surface area contributed by atoms with Crippen LogP contribution in [0.15, 0.2) is 48.7 Å². The number of carbonyl (C=O) groups excluding carboxylic acids is 3. The number of benzene rings is 2. The zero-order valence-electron chi connectivity index (χ0n) is 24.7. The van der Waals surface area contributed by atoms with Crippen LogP contribution in [0.3, 0.4) is 0 Å². The van der Waals surface area contributed by atoms with E-state index < -0.39 is 11.6 Å². The van der Waals surface area contributed by atoms with Crippen molar-refractivity contribution < 1.29 is 32.6 Å². The monoisotopic (exact) mass is 603 g/mol. The van der Waals surface area contributed by atoms with E-state index in [9.17, 15) is 13.6 Å². The molecule has 1 spiro atoms. The van der Waals surface area contributed by atoms with E-state index in [0.717, 1.165) is 81.7 Å². The molecule has 2 aliphatic carbocycles. The summed E-state index contributed by atoms with van der Waals surface area (Å²) in [7, 11) is 0. The van der Waals surface area contributed by atoms with Gasteiger partial charge in [-0.25, -0.2) is 13.8 Å². The summed E-state index contributed by atoms with van der Waals surface area (Å²) in [4.78, 5) is 37.7. The van der Waals surface area contributed by atoms with Gasteiger partial charge in [-0.3, -0.25) is 9.69 Å². The standard InChI is InChI=1S/C33H35F2N3O3.CO2/c1-21-2-4-24(5-3-21)38-20-33(17-30(38)39)10-12-37(13-11-33)19-22-14-28(40-25-6-7-25)31(29(15-22)41-26-8-9-26)32-27(35)16-23(34)18-36-32;2-1-3/h2-5,14-16,18,25-26H,6-13,17,19-20H2,1H3;. The SMILES string of the molecule is Cc1ccc(N2CC3(CCN(Cc4cc(OC5CC5)c(-c5ncc(F)cc5F)c(OC5CC5)c4)CC3)CC2=O)cc1.O=C=O. The summed E-state index contributed by atoms with van der Waals surface area (Å²) in [5, 5.41) is 0. The molecular formula is C34H35F2N3O5. The van der Waals surface area contributed by atoms with Gasteiger partial charge in [0, 0.05) is 31.3 Å². The molecule has 4 fully saturated rings. The minimum Gasteiger partial charge on any atom is -0.490 e. The normalized spacial score (nSPS) is 19.3. The number of piperidine rings is 1. The summed E-state index contributed by atoms with van der Waals surface area (Å²) in [6.07, 6.45) is 7.79. The minimum atomic E-state index is -0.730. The molecule has 0 atom stereocenters. The fourth-order valence-corrected chi connectivity index (χ4v) is 6.12. The number of aromatic nitrogens is 1. The molecule has 0 unspecified atom stereocenters. The van der Waals surface area contributed by atoms with Crippen LogP contribution in [0.2, 0.25) is 0 Å². The Morgan fingerprint density at radius 1 is 0.955 bits per heavy atom. The molecule has 3 aromatic rings. The molecule has 0 N–H and O–H groups in total. The highest BCUT2D eigenvalue weighted by atomic mass is 19.1. The molecule has 4 aliphatic rings. The van der Waals surface area contributed by atoms with E-state index in [1.54, 1.807) is 0 Å². The van der Waals surface area contributed by atoms with E-state index in [1.165, 1.54) is 5.56 Å². The maximum atomic E-state index is 15.0. The Kier molecular flexibility index (Phi) is 8.47. The Morgan fingerprint density at radius 3 is 2.09 bits per heavy atom. The summed E-state index contributed by atoms with van der Waals surface area (Å²) in [6, 6.07) is 13.0. The van der Waals surface area contributed by atoms with Crippen LogP contribution in [0.25, 0.3) is 11.3 Å². The van der Waals surface area contributed by atoms with Crippen LogP contribution < -0.4 is 14.4 Å². The number of pyridine rings is 1. The van der Waals surface area contributed by atoms with Crippen molar-refractivity contribution in [2.75, 3.05) is 24.5 Å². The number of anilines is 1. The van der Waals surface area contributed by atoms with E-state index in [-0.39, 0.29) is 35.4 Å². The van der Waals surface area contributed by atoms with E-state index in [0.29, 0.717) is 30.0 Å². The lowest BCUT2D eigenvalue weighted by Crippen LogP contribution is -2.41. The molecule has 1 amide bonds. The highest BCUT2D eigenvalue weighted by Gasteiger charge is 2.45. The van der Waals surface area contributed by atoms with Crippen molar-refractivity contribution in [1.82, 2.24) is 9.88 Å². The van der Waals surface area contributed by atoms with Gasteiger partial charge in [0.25, 0.3) is 0 Å². The number of ether oxygens (including phenoxy) is 2. The topological polar surface area (TPSA) is 89.0 Å². The third-order valence-corrected chi connectivity index (χ3v) is 8.80. The maximum Gasteiger partial charge on any atom is 0.373 e. The lowest BCUT2D eigenvalue weighted by molar-refractivity contribution is -0.191. The number of nitrogens with zero attached hydrogens (tertiary/aromatic N) is 3. The van der Waals surface area contributed by atoms with Gasteiger partial charge in [-0.2, -0.15) is 9.59 Å². The Morgan fingerprint density at radius 2 is 1.55 bits per heavy atom. The van der Waals surface area contributed by atoms with Crippen molar-refractivity contribution in [3.05, 3.63) is 71.4 Å². The van der Waals surface area contributed by atoms with Gasteiger partial charge in [0.1, 0.15) is 23.0 Å². The quantitative estimate of drug-likeness (QED) is 0.319. The molecule has 1 aromatic heterocycles. The molecule has 0 radical (unpaired) electrons. The van der Waals surface area contributed by atoms with Gasteiger partial charge in [-0.1, -0.05) is 17.7 Å². The van der Waals surface area contributed by atoms with E-state index in [4.69, 9.17) is 19.1 Å². The average Bonchev–Trinajstić information content (AvgIpc) is 3.93. The molecule has 2 aliphatic heterocycles. The molecule has 0 bridgehead atoms. The van der Waals surface area contributed by atoms with Crippen LogP contribution in [-0.4, -0.2) is 53.8 Å². The number of aryl methyl sites for hydroxylation is 1. The number of amides is 1. The maximum absolute atomic E-state index is 15.0. The Balaban J connectivity index is 0.00000110. The largest absolute Gasteiger partial charge is 0.490 e. The first-order valence-electron chi connectivity index (χ1n) is 15.2. The van der Waals surface area contributed by atoms with E-state index >= 15 is 0 Å². The summed E-state index contributed by atoms with van der Waals surface area (Å²) in [5.41, 5.74) is 3.72. The first kappa shape index (κ1) is 29.9. The molecule has 2 saturated carbocycles. The van der Waals surface area contributed by atoms with Gasteiger partial charge in [-0.05, 0) is 93.8 Å². The number of carbonyl (C=O) groups is 1. The smallest absolute Gasteiger partial charge is 0.373 e. The highest BCUT2D eigenvalue weighted by molar-refractivity contribution is 5.96. The van der Waals surface area contributed by atoms with E-state index in [2.05, 4.69) is 28.9 Å². The molecule has 2 aromatic carbocycles. The Labute approximate surface area is 255 Å². The first-order chi connectivity index (χ1) is 21.3. The van der Waals surface area contributed by atoms with Crippen LogP contribution in [0.5, 0.6) is 11.5 Å². The predicted octanol–water partition coefficient (Wildman–Crippen LogP) is 5.85. The van der Waals surface area contributed by atoms with Crippen molar-refractivity contribution in [3.8, 4) is 22.8 Å². The number of hydrogen-bond acceptors (Lipinski definition) is 7. The second-order valence-electron chi connectivity index (χ2n) is 12.4. The number of rotatable bonds is 8. The number of halogens is 2. The average molecular weight is 604 g/mol. The molecule has 44 heavy (non-hydrogen) atoms. The van der Waals surface area contributed by atoms with Gasteiger partial charge < -0.3 is 14.4 Å². The van der Waals surface area contributed by atoms with Crippen molar-refractivity contribution in [2.45, 2.75) is 70.6 Å². The van der Waals surface area contributed by atoms with Crippen LogP contribution in [0.1, 0.15) is 56.1 Å². The Hall–Kier alpha value is -4.14. The third-order valence-electron chi connectivity index (χ3n) is 8.80. The minimum absolute atomic E-state index is 0.00853. The van der Waals surface area contributed by atoms with Crippen LogP contribution >= 0.6 is 0 Å². The summed E-state index contributed by atoms with van der Waals surface area (Å²) >= 11 is 0. The zero-order valence-corrected chi connectivity index (χ0v) is 24.7. The van der Waals surface area contributed by atoms with Gasteiger partial charge in [0.15, 0.2) is 5.82 Å². The zero-order chi connectivity index (χ0) is 30.8. The highest BCUT2D eigenvalue weighted by Crippen LogP contribution is 2.46. The molecular weight excluding hydrogens is 568 g/mol. The van der Waals surface area contributed by atoms with Gasteiger partial charge in [0.2, 0.25) is 5.91 Å². The van der Waals surface area contributed by atoms with Crippen LogP contribution in [-0.2, 0) is 20.9 Å². The van der Waals surface area contributed by atoms with Crippen molar-refractivity contribution in [1.29, 1.82) is 0 Å². The Bertz CT molecular complexity index is 1520. The summed E-state index contributed by atoms with van der Waals surface area (Å²) in [5.74, 6) is -0.148. The van der Waals surface area contributed by atoms with Crippen LogP contribution in [0.4, 0.5) is 14.5 Å². The molecule has 8 nitrogen and oxygen atoms in total. The molecule has 10 heteroatoms. The fraction of sp³-hybridized carbons (Fsp3) is 0.441. The lowest BCUT2D eigenvalue weighted by Gasteiger charge is -2.39. The van der Waals surface area contributed by atoms with Crippen molar-refractivity contribution in [2.24, 2.45) is 5.41 Å². The van der Waals surface area contributed by atoms with E-state index in [1.807, 2.05) is 29.2 Å². The molecule has 2 saturated heterocycles. The van der Waals surface area contributed by atoms with Crippen LogP contribution in [0, 0.1) is 24.0 Å². The molecule has 230 valence electrons. The molecule has 3 heterocycles. The number of hydrogen-bond donors (Lipinski definition) is 0.